The molecule has 2 N–H and O–H groups in total. The molecule has 0 aliphatic carbocycles. The van der Waals surface area contributed by atoms with E-state index in [0.717, 1.165) is 18.2 Å². The molecule has 1 atom stereocenters. The molecule has 0 bridgehead atoms. The van der Waals surface area contributed by atoms with E-state index in [1.807, 2.05) is 0 Å². The third kappa shape index (κ3) is 6.52. The van der Waals surface area contributed by atoms with Crippen molar-refractivity contribution in [3.8, 4) is 11.5 Å². The second-order valence-corrected chi connectivity index (χ2v) is 15.9. The summed E-state index contributed by atoms with van der Waals surface area (Å²) in [7, 11) is -1.23. The number of pyridine rings is 1. The summed E-state index contributed by atoms with van der Waals surface area (Å²) < 4.78 is 48.0. The molecule has 36 heavy (non-hydrogen) atoms. The Hall–Kier alpha value is -2.73. The molecule has 1 fully saturated rings. The molecule has 0 spiro atoms. The number of nitrogens with one attached hydrogen (secondary N) is 2. The first-order valence-electron chi connectivity index (χ1n) is 11.6. The van der Waals surface area contributed by atoms with Crippen molar-refractivity contribution in [3.63, 3.8) is 0 Å². The van der Waals surface area contributed by atoms with Crippen molar-refractivity contribution >= 4 is 42.4 Å². The van der Waals surface area contributed by atoms with Gasteiger partial charge in [-0.3, -0.25) is 0 Å². The second kappa shape index (κ2) is 11.1. The maximum absolute atomic E-state index is 14.8. The zero-order valence-corrected chi connectivity index (χ0v) is 22.1. The van der Waals surface area contributed by atoms with Gasteiger partial charge in [-0.1, -0.05) is 31.2 Å². The Bertz CT molecular complexity index is 1220. The summed E-state index contributed by atoms with van der Waals surface area (Å²) in [5, 5.41) is 5.84. The zero-order chi connectivity index (χ0) is 25.9. The van der Waals surface area contributed by atoms with Gasteiger partial charge in [0.25, 0.3) is 0 Å². The number of carbonyl (C=O) groups excluding carboxylic acids is 1. The number of nitrogens with zero attached hydrogens (tertiary/aromatic N) is 2. The maximum Gasteiger partial charge on any atom is 0.319 e. The molecule has 0 radical (unpaired) electrons. The fourth-order valence-electron chi connectivity index (χ4n) is 3.70. The SMILES string of the molecule is C[Si](C)(C)CCOCn1cc(Cl)c2c(Oc3c(F)cc(NC(=O)NC4CCOC4)cc3F)ccnc21. The summed E-state index contributed by atoms with van der Waals surface area (Å²) in [6, 6.07) is 3.75. The highest BCUT2D eigenvalue weighted by atomic mass is 35.5. The molecule has 1 aromatic carbocycles. The lowest BCUT2D eigenvalue weighted by atomic mass is 10.2. The molecule has 3 aromatic rings. The van der Waals surface area contributed by atoms with Crippen LogP contribution in [0.5, 0.6) is 11.5 Å². The van der Waals surface area contributed by atoms with Crippen molar-refractivity contribution in [2.24, 2.45) is 0 Å². The molecule has 1 aliphatic heterocycles. The molecular formula is C24H29ClF2N4O4Si. The van der Waals surface area contributed by atoms with Crippen LogP contribution in [0.2, 0.25) is 30.7 Å². The van der Waals surface area contributed by atoms with Crippen LogP contribution in [-0.4, -0.2) is 49.5 Å². The Labute approximate surface area is 213 Å². The average molecular weight is 539 g/mol. The maximum atomic E-state index is 14.8. The minimum atomic E-state index is -1.23. The van der Waals surface area contributed by atoms with Gasteiger partial charge in [-0.2, -0.15) is 0 Å². The van der Waals surface area contributed by atoms with E-state index in [4.69, 9.17) is 25.8 Å². The van der Waals surface area contributed by atoms with E-state index in [1.165, 1.54) is 12.3 Å². The third-order valence-corrected chi connectivity index (χ3v) is 7.62. The van der Waals surface area contributed by atoms with Crippen molar-refractivity contribution in [1.29, 1.82) is 0 Å². The Kier molecular flexibility index (Phi) is 8.13. The highest BCUT2D eigenvalue weighted by Crippen LogP contribution is 2.37. The van der Waals surface area contributed by atoms with Gasteiger partial charge in [-0.15, -0.1) is 0 Å². The number of rotatable bonds is 9. The molecule has 0 saturated carbocycles. The van der Waals surface area contributed by atoms with E-state index in [0.29, 0.717) is 42.3 Å². The van der Waals surface area contributed by atoms with Crippen molar-refractivity contribution in [2.75, 3.05) is 25.1 Å². The topological polar surface area (TPSA) is 86.6 Å². The molecule has 1 unspecified atom stereocenters. The third-order valence-electron chi connectivity index (χ3n) is 5.63. The van der Waals surface area contributed by atoms with E-state index in [9.17, 15) is 13.6 Å². The van der Waals surface area contributed by atoms with Crippen molar-refractivity contribution in [2.45, 2.75) is 44.9 Å². The molecular weight excluding hydrogens is 510 g/mol. The Morgan fingerprint density at radius 1 is 1.31 bits per heavy atom. The number of aromatic nitrogens is 2. The van der Waals surface area contributed by atoms with Crippen LogP contribution < -0.4 is 15.4 Å². The highest BCUT2D eigenvalue weighted by Gasteiger charge is 2.21. The minimum Gasteiger partial charge on any atom is -0.450 e. The largest absolute Gasteiger partial charge is 0.450 e. The number of benzene rings is 1. The first-order valence-corrected chi connectivity index (χ1v) is 15.7. The van der Waals surface area contributed by atoms with E-state index in [2.05, 4.69) is 35.3 Å². The predicted molar refractivity (Wildman–Crippen MR) is 137 cm³/mol. The Morgan fingerprint density at radius 2 is 2.06 bits per heavy atom. The Balaban J connectivity index is 1.48. The molecule has 2 aromatic heterocycles. The van der Waals surface area contributed by atoms with Gasteiger partial charge in [-0.25, -0.2) is 18.6 Å². The number of hydrogen-bond donors (Lipinski definition) is 2. The quantitative estimate of drug-likeness (QED) is 0.258. The summed E-state index contributed by atoms with van der Waals surface area (Å²) in [6.07, 6.45) is 3.79. The first kappa shape index (κ1) is 26.3. The normalized spacial score (nSPS) is 15.9. The summed E-state index contributed by atoms with van der Waals surface area (Å²) in [5.74, 6) is -2.44. The molecule has 194 valence electrons. The number of urea groups is 1. The van der Waals surface area contributed by atoms with E-state index in [-0.39, 0.29) is 24.2 Å². The number of fused-ring (bicyclic) bond motifs is 1. The van der Waals surface area contributed by atoms with Gasteiger partial charge >= 0.3 is 6.03 Å². The van der Waals surface area contributed by atoms with Crippen molar-refractivity contribution in [3.05, 3.63) is 47.2 Å². The number of ether oxygens (including phenoxy) is 3. The number of carbonyl (C=O) groups is 1. The van der Waals surface area contributed by atoms with Gasteiger partial charge in [0.05, 0.1) is 23.1 Å². The van der Waals surface area contributed by atoms with Gasteiger partial charge in [0.2, 0.25) is 0 Å². The number of hydrogen-bond acceptors (Lipinski definition) is 5. The van der Waals surface area contributed by atoms with Crippen molar-refractivity contribution in [1.82, 2.24) is 14.9 Å². The van der Waals surface area contributed by atoms with Gasteiger partial charge in [-0.05, 0) is 18.5 Å². The van der Waals surface area contributed by atoms with Crippen LogP contribution in [0.1, 0.15) is 6.42 Å². The number of amides is 2. The lowest BCUT2D eigenvalue weighted by molar-refractivity contribution is 0.0899. The van der Waals surface area contributed by atoms with Gasteiger partial charge in [0.15, 0.2) is 17.4 Å². The van der Waals surface area contributed by atoms with Crippen LogP contribution in [0.25, 0.3) is 11.0 Å². The van der Waals surface area contributed by atoms with Crippen LogP contribution in [0.15, 0.2) is 30.6 Å². The van der Waals surface area contributed by atoms with E-state index >= 15 is 0 Å². The van der Waals surface area contributed by atoms with Gasteiger partial charge in [0.1, 0.15) is 18.1 Å². The lowest BCUT2D eigenvalue weighted by Crippen LogP contribution is -2.38. The van der Waals surface area contributed by atoms with Crippen LogP contribution in [0, 0.1) is 11.6 Å². The molecule has 3 heterocycles. The molecule has 12 heteroatoms. The average Bonchev–Trinajstić information content (AvgIpc) is 3.41. The molecule has 1 aliphatic rings. The summed E-state index contributed by atoms with van der Waals surface area (Å²) >= 11 is 6.43. The molecule has 8 nitrogen and oxygen atoms in total. The lowest BCUT2D eigenvalue weighted by Gasteiger charge is -2.15. The van der Waals surface area contributed by atoms with Gasteiger partial charge < -0.3 is 29.4 Å². The molecule has 4 rings (SSSR count). The minimum absolute atomic E-state index is 0.0479. The second-order valence-electron chi connectivity index (χ2n) is 9.83. The van der Waals surface area contributed by atoms with Crippen LogP contribution in [0.3, 0.4) is 0 Å². The molecule has 1 saturated heterocycles. The highest BCUT2D eigenvalue weighted by molar-refractivity contribution is 6.76. The van der Waals surface area contributed by atoms with Crippen molar-refractivity contribution < 1.29 is 27.8 Å². The number of anilines is 1. The van der Waals surface area contributed by atoms with E-state index in [1.54, 1.807) is 10.8 Å². The fraction of sp³-hybridized carbons (Fsp3) is 0.417. The number of halogens is 3. The van der Waals surface area contributed by atoms with Crippen LogP contribution in [-0.2, 0) is 16.2 Å². The first-order chi connectivity index (χ1) is 17.1. The smallest absolute Gasteiger partial charge is 0.319 e. The van der Waals surface area contributed by atoms with Crippen LogP contribution in [0.4, 0.5) is 19.3 Å². The summed E-state index contributed by atoms with van der Waals surface area (Å²) in [4.78, 5) is 16.5. The standard InChI is InChI=1S/C24H29ClF2N4O4Si/c1-36(2,3)9-8-34-14-31-12-17(25)21-20(4-6-28-23(21)31)35-22-18(26)10-16(11-19(22)27)30-24(32)29-15-5-7-33-13-15/h4,6,10-12,15H,5,7-9,13-14H2,1-3H3,(H2,29,30,32). The monoisotopic (exact) mass is 538 g/mol. The predicted octanol–water partition coefficient (Wildman–Crippen LogP) is 5.98. The fourth-order valence-corrected chi connectivity index (χ4v) is 4.76. The summed E-state index contributed by atoms with van der Waals surface area (Å²) in [5.41, 5.74) is 0.422. The molecule has 2 amide bonds. The van der Waals surface area contributed by atoms with Crippen LogP contribution >= 0.6 is 11.6 Å². The van der Waals surface area contributed by atoms with E-state index < -0.39 is 31.5 Å². The zero-order valence-electron chi connectivity index (χ0n) is 20.4. The Morgan fingerprint density at radius 3 is 2.72 bits per heavy atom. The van der Waals surface area contributed by atoms with Gasteiger partial charge in [0, 0.05) is 51.5 Å². The summed E-state index contributed by atoms with van der Waals surface area (Å²) in [6.45, 7) is 8.62.